The lowest BCUT2D eigenvalue weighted by Crippen LogP contribution is -2.53. The lowest BCUT2D eigenvalue weighted by Gasteiger charge is -2.37. The molecule has 1 aromatic carbocycles. The van der Waals surface area contributed by atoms with Crippen LogP contribution in [0.5, 0.6) is 0 Å². The van der Waals surface area contributed by atoms with E-state index in [1.54, 1.807) is 0 Å². The topological polar surface area (TPSA) is 85.5 Å². The first kappa shape index (κ1) is 17.7. The minimum atomic E-state index is -0.234. The number of nitrogens with zero attached hydrogens (tertiary/aromatic N) is 1. The zero-order chi connectivity index (χ0) is 17.6. The van der Waals surface area contributed by atoms with Crippen LogP contribution < -0.4 is 21.5 Å². The number of anilines is 1. The van der Waals surface area contributed by atoms with E-state index in [4.69, 9.17) is 0 Å². The summed E-state index contributed by atoms with van der Waals surface area (Å²) < 4.78 is 0. The fraction of sp³-hybridized carbons (Fsp3) is 0.556. The quantitative estimate of drug-likeness (QED) is 0.663. The van der Waals surface area contributed by atoms with Crippen molar-refractivity contribution < 1.29 is 9.59 Å². The molecule has 3 unspecified atom stereocenters. The van der Waals surface area contributed by atoms with Gasteiger partial charge >= 0.3 is 6.03 Å². The predicted molar refractivity (Wildman–Crippen MR) is 96.9 cm³/mol. The highest BCUT2D eigenvalue weighted by Crippen LogP contribution is 2.21. The van der Waals surface area contributed by atoms with E-state index in [-0.39, 0.29) is 29.9 Å². The Morgan fingerprint density at radius 3 is 2.76 bits per heavy atom. The average molecular weight is 345 g/mol. The summed E-state index contributed by atoms with van der Waals surface area (Å²) in [6.45, 7) is 3.93. The Morgan fingerprint density at radius 2 is 2.04 bits per heavy atom. The van der Waals surface area contributed by atoms with Gasteiger partial charge in [0.25, 0.3) is 0 Å². The summed E-state index contributed by atoms with van der Waals surface area (Å²) in [5.74, 6) is 0.138. The van der Waals surface area contributed by atoms with Gasteiger partial charge in [0.1, 0.15) is 0 Å². The molecule has 2 fully saturated rings. The molecule has 3 amide bonds. The SMILES string of the molecule is CC1NNCC1C(=O)N1CCCCC1CNC(=O)Nc1ccccc1. The number of carbonyl (C=O) groups excluding carboxylic acids is 2. The van der Waals surface area contributed by atoms with Crippen molar-refractivity contribution in [2.45, 2.75) is 38.3 Å². The first-order chi connectivity index (χ1) is 12.1. The Hall–Kier alpha value is -2.12. The van der Waals surface area contributed by atoms with Gasteiger partial charge in [0.2, 0.25) is 5.91 Å². The number of para-hydroxylation sites is 1. The van der Waals surface area contributed by atoms with E-state index in [9.17, 15) is 9.59 Å². The molecule has 7 nitrogen and oxygen atoms in total. The number of hydrogen-bond acceptors (Lipinski definition) is 4. The highest BCUT2D eigenvalue weighted by molar-refractivity contribution is 5.89. The summed E-state index contributed by atoms with van der Waals surface area (Å²) in [6.07, 6.45) is 3.05. The van der Waals surface area contributed by atoms with Gasteiger partial charge < -0.3 is 15.5 Å². The summed E-state index contributed by atoms with van der Waals surface area (Å²) >= 11 is 0. The van der Waals surface area contributed by atoms with Crippen LogP contribution in [0, 0.1) is 5.92 Å². The Morgan fingerprint density at radius 1 is 1.24 bits per heavy atom. The molecule has 4 N–H and O–H groups in total. The number of benzene rings is 1. The van der Waals surface area contributed by atoms with Gasteiger partial charge in [-0.2, -0.15) is 0 Å². The molecule has 0 spiro atoms. The largest absolute Gasteiger partial charge is 0.338 e. The van der Waals surface area contributed by atoms with Gasteiger partial charge in [0.05, 0.1) is 5.92 Å². The lowest BCUT2D eigenvalue weighted by molar-refractivity contribution is -0.138. The van der Waals surface area contributed by atoms with Crippen LogP contribution in [0.1, 0.15) is 26.2 Å². The van der Waals surface area contributed by atoms with E-state index in [0.29, 0.717) is 13.1 Å². The van der Waals surface area contributed by atoms with Crippen LogP contribution in [0.25, 0.3) is 0 Å². The Kier molecular flexibility index (Phi) is 5.88. The van der Waals surface area contributed by atoms with Crippen molar-refractivity contribution in [2.75, 3.05) is 25.0 Å². The highest BCUT2D eigenvalue weighted by Gasteiger charge is 2.36. The third-order valence-electron chi connectivity index (χ3n) is 5.01. The molecule has 3 atom stereocenters. The molecule has 7 heteroatoms. The number of piperidine rings is 1. The van der Waals surface area contributed by atoms with Crippen LogP contribution in [0.4, 0.5) is 10.5 Å². The smallest absolute Gasteiger partial charge is 0.319 e. The molecule has 25 heavy (non-hydrogen) atoms. The zero-order valence-electron chi connectivity index (χ0n) is 14.6. The second-order valence-corrected chi connectivity index (χ2v) is 6.80. The van der Waals surface area contributed by atoms with Gasteiger partial charge in [0, 0.05) is 37.4 Å². The van der Waals surface area contributed by atoms with Crippen LogP contribution >= 0.6 is 0 Å². The minimum absolute atomic E-state index is 0.0428. The van der Waals surface area contributed by atoms with Crippen molar-refractivity contribution in [2.24, 2.45) is 5.92 Å². The molecule has 2 heterocycles. The van der Waals surface area contributed by atoms with E-state index in [1.165, 1.54) is 0 Å². The summed E-state index contributed by atoms with van der Waals surface area (Å²) in [4.78, 5) is 26.9. The van der Waals surface area contributed by atoms with Crippen molar-refractivity contribution in [1.29, 1.82) is 0 Å². The Bertz CT molecular complexity index is 594. The van der Waals surface area contributed by atoms with Crippen LogP contribution in [-0.4, -0.2) is 48.6 Å². The summed E-state index contributed by atoms with van der Waals surface area (Å²) in [5.41, 5.74) is 6.92. The van der Waals surface area contributed by atoms with Gasteiger partial charge in [0.15, 0.2) is 0 Å². The molecule has 0 radical (unpaired) electrons. The van der Waals surface area contributed by atoms with Gasteiger partial charge in [-0.3, -0.25) is 15.6 Å². The molecular formula is C18H27N5O2. The summed E-state index contributed by atoms with van der Waals surface area (Å²) in [6, 6.07) is 9.31. The summed E-state index contributed by atoms with van der Waals surface area (Å²) in [5, 5.41) is 5.73. The predicted octanol–water partition coefficient (Wildman–Crippen LogP) is 1.30. The van der Waals surface area contributed by atoms with Crippen molar-refractivity contribution in [1.82, 2.24) is 21.1 Å². The van der Waals surface area contributed by atoms with Crippen molar-refractivity contribution in [3.8, 4) is 0 Å². The van der Waals surface area contributed by atoms with Crippen LogP contribution in [-0.2, 0) is 4.79 Å². The maximum Gasteiger partial charge on any atom is 0.319 e. The van der Waals surface area contributed by atoms with E-state index in [0.717, 1.165) is 31.5 Å². The van der Waals surface area contributed by atoms with E-state index >= 15 is 0 Å². The summed E-state index contributed by atoms with van der Waals surface area (Å²) in [7, 11) is 0. The maximum absolute atomic E-state index is 12.9. The van der Waals surface area contributed by atoms with Crippen LogP contribution in [0.2, 0.25) is 0 Å². The third kappa shape index (κ3) is 4.49. The average Bonchev–Trinajstić information content (AvgIpc) is 3.06. The van der Waals surface area contributed by atoms with Gasteiger partial charge in [-0.25, -0.2) is 4.79 Å². The fourth-order valence-corrected chi connectivity index (χ4v) is 3.53. The number of rotatable bonds is 4. The second-order valence-electron chi connectivity index (χ2n) is 6.80. The number of urea groups is 1. The Balaban J connectivity index is 1.54. The number of nitrogens with one attached hydrogen (secondary N) is 4. The molecule has 0 bridgehead atoms. The van der Waals surface area contributed by atoms with E-state index in [2.05, 4.69) is 21.5 Å². The fourth-order valence-electron chi connectivity index (χ4n) is 3.53. The third-order valence-corrected chi connectivity index (χ3v) is 5.01. The molecule has 1 aromatic rings. The lowest BCUT2D eigenvalue weighted by atomic mass is 9.96. The number of carbonyl (C=O) groups is 2. The van der Waals surface area contributed by atoms with Crippen LogP contribution in [0.15, 0.2) is 30.3 Å². The van der Waals surface area contributed by atoms with Crippen LogP contribution in [0.3, 0.4) is 0 Å². The minimum Gasteiger partial charge on any atom is -0.338 e. The van der Waals surface area contributed by atoms with Crippen molar-refractivity contribution in [3.05, 3.63) is 30.3 Å². The second kappa shape index (κ2) is 8.31. The molecule has 0 saturated carbocycles. The number of likely N-dealkylation sites (tertiary alicyclic amines) is 1. The standard InChI is InChI=1S/C18H27N5O2/c1-13-16(12-20-22-13)17(24)23-10-6-5-9-15(23)11-19-18(25)21-14-7-3-2-4-8-14/h2-4,7-8,13,15-16,20,22H,5-6,9-12H2,1H3,(H2,19,21,25). The monoisotopic (exact) mass is 345 g/mol. The maximum atomic E-state index is 12.9. The molecule has 3 rings (SSSR count). The molecule has 0 aromatic heterocycles. The van der Waals surface area contributed by atoms with Gasteiger partial charge in [-0.05, 0) is 38.3 Å². The highest BCUT2D eigenvalue weighted by atomic mass is 16.2. The van der Waals surface area contributed by atoms with Crippen molar-refractivity contribution >= 4 is 17.6 Å². The molecule has 0 aliphatic carbocycles. The van der Waals surface area contributed by atoms with Gasteiger partial charge in [-0.15, -0.1) is 0 Å². The molecule has 2 aliphatic heterocycles. The van der Waals surface area contributed by atoms with E-state index < -0.39 is 0 Å². The molecular weight excluding hydrogens is 318 g/mol. The zero-order valence-corrected chi connectivity index (χ0v) is 14.6. The molecule has 2 saturated heterocycles. The molecule has 2 aliphatic rings. The first-order valence-corrected chi connectivity index (χ1v) is 9.04. The number of amides is 3. The van der Waals surface area contributed by atoms with E-state index in [1.807, 2.05) is 42.2 Å². The number of hydrazine groups is 1. The number of hydrogen-bond donors (Lipinski definition) is 4. The van der Waals surface area contributed by atoms with Crippen molar-refractivity contribution in [3.63, 3.8) is 0 Å². The molecule has 136 valence electrons. The normalized spacial score (nSPS) is 26.3. The first-order valence-electron chi connectivity index (χ1n) is 9.04. The van der Waals surface area contributed by atoms with Gasteiger partial charge in [-0.1, -0.05) is 18.2 Å². The Labute approximate surface area is 148 Å².